The van der Waals surface area contributed by atoms with Crippen LogP contribution in [0, 0.1) is 0 Å². The molecule has 18 heavy (non-hydrogen) atoms. The quantitative estimate of drug-likeness (QED) is 0.770. The average molecular weight is 250 g/mol. The molecule has 1 fully saturated rings. The van der Waals surface area contributed by atoms with Crippen molar-refractivity contribution in [2.75, 3.05) is 20.8 Å². The van der Waals surface area contributed by atoms with Gasteiger partial charge in [-0.3, -0.25) is 4.79 Å². The second-order valence-corrected chi connectivity index (χ2v) is 4.58. The van der Waals surface area contributed by atoms with Gasteiger partial charge in [0, 0.05) is 6.61 Å². The van der Waals surface area contributed by atoms with Crippen LogP contribution in [-0.2, 0) is 4.74 Å². The van der Waals surface area contributed by atoms with Gasteiger partial charge in [-0.25, -0.2) is 0 Å². The fourth-order valence-corrected chi connectivity index (χ4v) is 2.23. The number of hydrogen-bond acceptors (Lipinski definition) is 4. The monoisotopic (exact) mass is 250 g/mol. The van der Waals surface area contributed by atoms with Gasteiger partial charge in [0.05, 0.1) is 19.8 Å². The van der Waals surface area contributed by atoms with Gasteiger partial charge in [0.15, 0.2) is 5.78 Å². The van der Waals surface area contributed by atoms with Crippen molar-refractivity contribution in [1.29, 1.82) is 0 Å². The number of rotatable bonds is 4. The summed E-state index contributed by atoms with van der Waals surface area (Å²) in [6.07, 6.45) is 1.65. The smallest absolute Gasteiger partial charge is 0.198 e. The average Bonchev–Trinajstić information content (AvgIpc) is 2.85. The summed E-state index contributed by atoms with van der Waals surface area (Å²) in [5, 5.41) is 0. The van der Waals surface area contributed by atoms with Crippen LogP contribution in [0.25, 0.3) is 0 Å². The number of ketones is 1. The summed E-state index contributed by atoms with van der Waals surface area (Å²) in [6.45, 7) is 2.47. The van der Waals surface area contributed by atoms with E-state index in [2.05, 4.69) is 0 Å². The molecule has 4 nitrogen and oxygen atoms in total. The molecule has 98 valence electrons. The second kappa shape index (κ2) is 4.98. The lowest BCUT2D eigenvalue weighted by Gasteiger charge is -2.22. The molecule has 1 aliphatic heterocycles. The molecular formula is C14H18O4. The Labute approximate surface area is 107 Å². The van der Waals surface area contributed by atoms with E-state index in [1.807, 2.05) is 6.92 Å². The van der Waals surface area contributed by atoms with Gasteiger partial charge >= 0.3 is 0 Å². The maximum absolute atomic E-state index is 12.6. The topological polar surface area (TPSA) is 44.8 Å². The molecule has 1 unspecified atom stereocenters. The standard InChI is InChI=1S/C14H18O4/c1-14(7-4-8-18-14)13(15)11-9-10(16-2)5-6-12(11)17-3/h5-6,9H,4,7-8H2,1-3H3. The van der Waals surface area contributed by atoms with Crippen molar-refractivity contribution >= 4 is 5.78 Å². The van der Waals surface area contributed by atoms with Crippen molar-refractivity contribution in [3.63, 3.8) is 0 Å². The SMILES string of the molecule is COc1ccc(OC)c(C(=O)C2(C)CCCO2)c1. The lowest BCUT2D eigenvalue weighted by atomic mass is 9.91. The summed E-state index contributed by atoms with van der Waals surface area (Å²) in [5.41, 5.74) is -0.221. The number of Topliss-reactive ketones (excluding diaryl/α,β-unsaturated/α-hetero) is 1. The summed E-state index contributed by atoms with van der Waals surface area (Å²) < 4.78 is 16.0. The molecular weight excluding hydrogens is 232 g/mol. The summed E-state index contributed by atoms with van der Waals surface area (Å²) in [5.74, 6) is 1.15. The summed E-state index contributed by atoms with van der Waals surface area (Å²) in [7, 11) is 3.13. The number of hydrogen-bond donors (Lipinski definition) is 0. The zero-order valence-corrected chi connectivity index (χ0v) is 11.0. The summed E-state index contributed by atoms with van der Waals surface area (Å²) in [4.78, 5) is 12.6. The first-order valence-electron chi connectivity index (χ1n) is 6.01. The van der Waals surface area contributed by atoms with Crippen LogP contribution in [0.5, 0.6) is 11.5 Å². The maximum atomic E-state index is 12.6. The van der Waals surface area contributed by atoms with Gasteiger partial charge in [0.2, 0.25) is 0 Å². The molecule has 0 aliphatic carbocycles. The highest BCUT2D eigenvalue weighted by molar-refractivity contribution is 6.04. The molecule has 1 aromatic carbocycles. The van der Waals surface area contributed by atoms with E-state index >= 15 is 0 Å². The van der Waals surface area contributed by atoms with Crippen LogP contribution in [0.2, 0.25) is 0 Å². The van der Waals surface area contributed by atoms with Gasteiger partial charge in [-0.05, 0) is 38.0 Å². The summed E-state index contributed by atoms with van der Waals surface area (Å²) in [6, 6.07) is 5.21. The third-order valence-corrected chi connectivity index (χ3v) is 3.35. The molecule has 1 aliphatic rings. The Bertz CT molecular complexity index is 447. The van der Waals surface area contributed by atoms with Crippen molar-refractivity contribution in [3.05, 3.63) is 23.8 Å². The van der Waals surface area contributed by atoms with Crippen LogP contribution in [0.1, 0.15) is 30.1 Å². The van der Waals surface area contributed by atoms with E-state index in [0.717, 1.165) is 12.8 Å². The third-order valence-electron chi connectivity index (χ3n) is 3.35. The van der Waals surface area contributed by atoms with Crippen LogP contribution in [0.15, 0.2) is 18.2 Å². The minimum Gasteiger partial charge on any atom is -0.497 e. The maximum Gasteiger partial charge on any atom is 0.198 e. The molecule has 0 radical (unpaired) electrons. The van der Waals surface area contributed by atoms with E-state index < -0.39 is 5.60 Å². The van der Waals surface area contributed by atoms with Crippen LogP contribution in [0.4, 0.5) is 0 Å². The molecule has 0 aromatic heterocycles. The highest BCUT2D eigenvalue weighted by Gasteiger charge is 2.39. The van der Waals surface area contributed by atoms with Crippen molar-refractivity contribution in [2.24, 2.45) is 0 Å². The van der Waals surface area contributed by atoms with Gasteiger partial charge in [-0.15, -0.1) is 0 Å². The third kappa shape index (κ3) is 2.20. The Morgan fingerprint density at radius 3 is 2.67 bits per heavy atom. The van der Waals surface area contributed by atoms with Crippen molar-refractivity contribution in [2.45, 2.75) is 25.4 Å². The highest BCUT2D eigenvalue weighted by atomic mass is 16.5. The fourth-order valence-electron chi connectivity index (χ4n) is 2.23. The highest BCUT2D eigenvalue weighted by Crippen LogP contribution is 2.33. The molecule has 1 atom stereocenters. The van der Waals surface area contributed by atoms with Crippen molar-refractivity contribution in [3.8, 4) is 11.5 Å². The summed E-state index contributed by atoms with van der Waals surface area (Å²) >= 11 is 0. The van der Waals surface area contributed by atoms with Gasteiger partial charge < -0.3 is 14.2 Å². The van der Waals surface area contributed by atoms with Gasteiger partial charge in [-0.1, -0.05) is 0 Å². The molecule has 1 saturated heterocycles. The number of benzene rings is 1. The molecule has 0 bridgehead atoms. The van der Waals surface area contributed by atoms with Crippen LogP contribution in [-0.4, -0.2) is 32.2 Å². The lowest BCUT2D eigenvalue weighted by Crippen LogP contribution is -2.34. The van der Waals surface area contributed by atoms with Crippen LogP contribution < -0.4 is 9.47 Å². The zero-order chi connectivity index (χ0) is 13.2. The Hall–Kier alpha value is -1.55. The van der Waals surface area contributed by atoms with Gasteiger partial charge in [-0.2, -0.15) is 0 Å². The molecule has 1 heterocycles. The van der Waals surface area contributed by atoms with E-state index in [9.17, 15) is 4.79 Å². The second-order valence-electron chi connectivity index (χ2n) is 4.58. The molecule has 0 N–H and O–H groups in total. The predicted molar refractivity (Wildman–Crippen MR) is 67.5 cm³/mol. The van der Waals surface area contributed by atoms with Crippen LogP contribution in [0.3, 0.4) is 0 Å². The first kappa shape index (κ1) is 12.9. The van der Waals surface area contributed by atoms with E-state index in [-0.39, 0.29) is 5.78 Å². The Morgan fingerprint density at radius 2 is 2.11 bits per heavy atom. The van der Waals surface area contributed by atoms with Crippen LogP contribution >= 0.6 is 0 Å². The normalized spacial score (nSPS) is 22.8. The number of carbonyl (C=O) groups excluding carboxylic acids is 1. The molecule has 0 saturated carbocycles. The molecule has 0 spiro atoms. The van der Waals surface area contributed by atoms with Gasteiger partial charge in [0.1, 0.15) is 17.1 Å². The Morgan fingerprint density at radius 1 is 1.33 bits per heavy atom. The fraction of sp³-hybridized carbons (Fsp3) is 0.500. The number of carbonyl (C=O) groups is 1. The largest absolute Gasteiger partial charge is 0.497 e. The molecule has 0 amide bonds. The van der Waals surface area contributed by atoms with Gasteiger partial charge in [0.25, 0.3) is 0 Å². The van der Waals surface area contributed by atoms with E-state index in [1.165, 1.54) is 0 Å². The number of ether oxygens (including phenoxy) is 3. The van der Waals surface area contributed by atoms with E-state index in [4.69, 9.17) is 14.2 Å². The predicted octanol–water partition coefficient (Wildman–Crippen LogP) is 2.46. The minimum atomic E-state index is -0.736. The molecule has 2 rings (SSSR count). The Balaban J connectivity index is 2.39. The van der Waals surface area contributed by atoms with Crippen molar-refractivity contribution < 1.29 is 19.0 Å². The first-order chi connectivity index (χ1) is 8.60. The first-order valence-corrected chi connectivity index (χ1v) is 6.01. The zero-order valence-electron chi connectivity index (χ0n) is 11.0. The minimum absolute atomic E-state index is 0.0456. The van der Waals surface area contributed by atoms with E-state index in [0.29, 0.717) is 23.7 Å². The lowest BCUT2D eigenvalue weighted by molar-refractivity contribution is 0.0211. The number of methoxy groups -OCH3 is 2. The van der Waals surface area contributed by atoms with Crippen molar-refractivity contribution in [1.82, 2.24) is 0 Å². The Kier molecular flexibility index (Phi) is 3.57. The van der Waals surface area contributed by atoms with E-state index in [1.54, 1.807) is 32.4 Å². The molecule has 4 heteroatoms. The molecule has 1 aromatic rings.